The molecule has 1 aromatic rings. The number of ether oxygens (including phenoxy) is 2. The van der Waals surface area contributed by atoms with Gasteiger partial charge in [-0.2, -0.15) is 0 Å². The Morgan fingerprint density at radius 3 is 2.38 bits per heavy atom. The summed E-state index contributed by atoms with van der Waals surface area (Å²) in [7, 11) is 0. The predicted molar refractivity (Wildman–Crippen MR) is 72.3 cm³/mol. The first kappa shape index (κ1) is 15.7. The molecule has 1 saturated heterocycles. The standard InChI is InChI=1S/C14H19NO6/c1-7-11(17)12(18)13(19)14(20-7)21-9-4-2-8(3-5-9)6-10(15)16/h2-5,7,11-14,17-19H,6H2,1H3,(H2,15,16). The quantitative estimate of drug-likeness (QED) is 0.561. The fraction of sp³-hybridized carbons (Fsp3) is 0.500. The van der Waals surface area contributed by atoms with E-state index in [1.165, 1.54) is 0 Å². The Labute approximate surface area is 121 Å². The molecule has 0 spiro atoms. The molecule has 21 heavy (non-hydrogen) atoms. The number of nitrogens with two attached hydrogens (primary N) is 1. The van der Waals surface area contributed by atoms with E-state index in [4.69, 9.17) is 15.2 Å². The zero-order valence-corrected chi connectivity index (χ0v) is 11.5. The Bertz CT molecular complexity index is 491. The second kappa shape index (κ2) is 6.40. The molecule has 1 amide bonds. The zero-order chi connectivity index (χ0) is 15.6. The van der Waals surface area contributed by atoms with Crippen LogP contribution in [0.5, 0.6) is 5.75 Å². The molecular formula is C14H19NO6. The van der Waals surface area contributed by atoms with E-state index < -0.39 is 36.6 Å². The molecule has 1 aromatic carbocycles. The van der Waals surface area contributed by atoms with E-state index in [2.05, 4.69) is 0 Å². The fourth-order valence-corrected chi connectivity index (χ4v) is 2.13. The number of rotatable bonds is 4. The number of amides is 1. The van der Waals surface area contributed by atoms with Gasteiger partial charge in [0.15, 0.2) is 0 Å². The van der Waals surface area contributed by atoms with Crippen LogP contribution in [0.25, 0.3) is 0 Å². The third kappa shape index (κ3) is 3.70. The van der Waals surface area contributed by atoms with Gasteiger partial charge in [0.1, 0.15) is 24.1 Å². The summed E-state index contributed by atoms with van der Waals surface area (Å²) >= 11 is 0. The minimum absolute atomic E-state index is 0.130. The average Bonchev–Trinajstić information content (AvgIpc) is 2.44. The number of hydrogen-bond acceptors (Lipinski definition) is 6. The second-order valence-corrected chi connectivity index (χ2v) is 5.09. The Morgan fingerprint density at radius 2 is 1.81 bits per heavy atom. The largest absolute Gasteiger partial charge is 0.462 e. The normalized spacial score (nSPS) is 32.7. The van der Waals surface area contributed by atoms with Crippen molar-refractivity contribution in [3.05, 3.63) is 29.8 Å². The Hall–Kier alpha value is -1.67. The molecule has 0 saturated carbocycles. The van der Waals surface area contributed by atoms with E-state index in [0.29, 0.717) is 5.75 Å². The van der Waals surface area contributed by atoms with E-state index in [1.807, 2.05) is 0 Å². The second-order valence-electron chi connectivity index (χ2n) is 5.09. The number of aliphatic hydroxyl groups excluding tert-OH is 3. The van der Waals surface area contributed by atoms with Crippen molar-refractivity contribution >= 4 is 5.91 Å². The molecule has 0 aliphatic carbocycles. The SMILES string of the molecule is CC1OC(Oc2ccc(CC(N)=O)cc2)C(O)C(O)C1O. The van der Waals surface area contributed by atoms with Gasteiger partial charge >= 0.3 is 0 Å². The van der Waals surface area contributed by atoms with Crippen LogP contribution in [-0.4, -0.2) is 51.9 Å². The van der Waals surface area contributed by atoms with Crippen molar-refractivity contribution < 1.29 is 29.6 Å². The van der Waals surface area contributed by atoms with Crippen LogP contribution in [0.4, 0.5) is 0 Å². The van der Waals surface area contributed by atoms with Gasteiger partial charge in [-0.05, 0) is 24.6 Å². The van der Waals surface area contributed by atoms with Crippen LogP contribution in [0.1, 0.15) is 12.5 Å². The molecule has 5 atom stereocenters. The molecule has 7 nitrogen and oxygen atoms in total. The predicted octanol–water partition coefficient (Wildman–Crippen LogP) is -1.08. The lowest BCUT2D eigenvalue weighted by molar-refractivity contribution is -0.268. The Kier molecular flexibility index (Phi) is 4.79. The lowest BCUT2D eigenvalue weighted by atomic mass is 10.00. The highest BCUT2D eigenvalue weighted by Crippen LogP contribution is 2.24. The van der Waals surface area contributed by atoms with Crippen molar-refractivity contribution in [2.24, 2.45) is 5.73 Å². The zero-order valence-electron chi connectivity index (χ0n) is 11.5. The molecule has 1 heterocycles. The summed E-state index contributed by atoms with van der Waals surface area (Å²) in [5.41, 5.74) is 5.84. The van der Waals surface area contributed by atoms with Gasteiger partial charge in [0.25, 0.3) is 0 Å². The van der Waals surface area contributed by atoms with E-state index in [9.17, 15) is 20.1 Å². The number of primary amides is 1. The molecule has 116 valence electrons. The smallest absolute Gasteiger partial charge is 0.229 e. The number of carbonyl (C=O) groups is 1. The highest BCUT2D eigenvalue weighted by Gasteiger charge is 2.43. The first-order chi connectivity index (χ1) is 9.88. The number of aliphatic hydroxyl groups is 3. The van der Waals surface area contributed by atoms with Gasteiger partial charge < -0.3 is 30.5 Å². The van der Waals surface area contributed by atoms with Gasteiger partial charge in [0.2, 0.25) is 12.2 Å². The minimum atomic E-state index is -1.36. The molecule has 7 heteroatoms. The molecule has 2 rings (SSSR count). The summed E-state index contributed by atoms with van der Waals surface area (Å²) < 4.78 is 10.8. The third-order valence-electron chi connectivity index (χ3n) is 3.36. The Balaban J connectivity index is 2.02. The van der Waals surface area contributed by atoms with Crippen LogP contribution >= 0.6 is 0 Å². The number of benzene rings is 1. The molecule has 5 unspecified atom stereocenters. The molecule has 5 N–H and O–H groups in total. The van der Waals surface area contributed by atoms with Gasteiger partial charge in [-0.3, -0.25) is 4.79 Å². The van der Waals surface area contributed by atoms with Gasteiger partial charge in [-0.15, -0.1) is 0 Å². The van der Waals surface area contributed by atoms with Crippen molar-refractivity contribution in [3.63, 3.8) is 0 Å². The first-order valence-electron chi connectivity index (χ1n) is 6.62. The summed E-state index contributed by atoms with van der Waals surface area (Å²) in [5, 5.41) is 29.1. The summed E-state index contributed by atoms with van der Waals surface area (Å²) in [4.78, 5) is 10.8. The van der Waals surface area contributed by atoms with Crippen molar-refractivity contribution in [2.75, 3.05) is 0 Å². The molecular weight excluding hydrogens is 278 g/mol. The molecule has 0 aromatic heterocycles. The monoisotopic (exact) mass is 297 g/mol. The summed E-state index contributed by atoms with van der Waals surface area (Å²) in [5.74, 6) is -0.0244. The van der Waals surface area contributed by atoms with Crippen LogP contribution < -0.4 is 10.5 Å². The van der Waals surface area contributed by atoms with E-state index in [1.54, 1.807) is 31.2 Å². The van der Waals surface area contributed by atoms with Crippen LogP contribution in [-0.2, 0) is 16.0 Å². The van der Waals surface area contributed by atoms with Crippen LogP contribution in [0.15, 0.2) is 24.3 Å². The van der Waals surface area contributed by atoms with Crippen molar-refractivity contribution in [1.82, 2.24) is 0 Å². The maximum absolute atomic E-state index is 10.8. The summed E-state index contributed by atoms with van der Waals surface area (Å²) in [6.07, 6.45) is -5.49. The van der Waals surface area contributed by atoms with E-state index in [0.717, 1.165) is 5.56 Å². The third-order valence-corrected chi connectivity index (χ3v) is 3.36. The van der Waals surface area contributed by atoms with Crippen LogP contribution in [0, 0.1) is 0 Å². The highest BCUT2D eigenvalue weighted by atomic mass is 16.7. The van der Waals surface area contributed by atoms with Crippen molar-refractivity contribution in [2.45, 2.75) is 44.1 Å². The van der Waals surface area contributed by atoms with E-state index in [-0.39, 0.29) is 6.42 Å². The van der Waals surface area contributed by atoms with Crippen LogP contribution in [0.2, 0.25) is 0 Å². The lowest BCUT2D eigenvalue weighted by Gasteiger charge is -2.38. The molecule has 0 bridgehead atoms. The molecule has 1 aliphatic heterocycles. The maximum Gasteiger partial charge on any atom is 0.229 e. The van der Waals surface area contributed by atoms with Gasteiger partial charge in [0, 0.05) is 0 Å². The first-order valence-corrected chi connectivity index (χ1v) is 6.62. The molecule has 1 fully saturated rings. The van der Waals surface area contributed by atoms with Gasteiger partial charge in [-0.25, -0.2) is 0 Å². The maximum atomic E-state index is 10.8. The van der Waals surface area contributed by atoms with Crippen molar-refractivity contribution in [1.29, 1.82) is 0 Å². The Morgan fingerprint density at radius 1 is 1.19 bits per heavy atom. The van der Waals surface area contributed by atoms with Gasteiger partial charge in [0.05, 0.1) is 12.5 Å². The number of carbonyl (C=O) groups excluding carboxylic acids is 1. The topological polar surface area (TPSA) is 122 Å². The molecule has 1 aliphatic rings. The summed E-state index contributed by atoms with van der Waals surface area (Å²) in [6.45, 7) is 1.58. The van der Waals surface area contributed by atoms with E-state index >= 15 is 0 Å². The minimum Gasteiger partial charge on any atom is -0.462 e. The van der Waals surface area contributed by atoms with Gasteiger partial charge in [-0.1, -0.05) is 12.1 Å². The van der Waals surface area contributed by atoms with Crippen LogP contribution in [0.3, 0.4) is 0 Å². The summed E-state index contributed by atoms with van der Waals surface area (Å²) in [6, 6.07) is 6.56. The lowest BCUT2D eigenvalue weighted by Crippen LogP contribution is -2.58. The average molecular weight is 297 g/mol. The van der Waals surface area contributed by atoms with Crippen molar-refractivity contribution in [3.8, 4) is 5.75 Å². The number of hydrogen-bond donors (Lipinski definition) is 4. The molecule has 0 radical (unpaired) electrons. The fourth-order valence-electron chi connectivity index (χ4n) is 2.13. The highest BCUT2D eigenvalue weighted by molar-refractivity contribution is 5.76.